The molecule has 0 saturated carbocycles. The number of amides is 2. The zero-order valence-corrected chi connectivity index (χ0v) is 30.4. The van der Waals surface area contributed by atoms with Crippen LogP contribution in [-0.4, -0.2) is 61.6 Å². The summed E-state index contributed by atoms with van der Waals surface area (Å²) in [6.07, 6.45) is 5.79. The molecule has 4 aromatic rings. The molecule has 2 aromatic carbocycles. The molecule has 4 atom stereocenters. The number of piperidine rings is 1. The number of anilines is 1. The highest BCUT2D eigenvalue weighted by Crippen LogP contribution is 2.39. The van der Waals surface area contributed by atoms with E-state index in [1.54, 1.807) is 29.0 Å². The quantitative estimate of drug-likeness (QED) is 0.100. The van der Waals surface area contributed by atoms with E-state index in [2.05, 4.69) is 34.5 Å². The number of likely N-dealkylation sites (tertiary alicyclic amines) is 1. The summed E-state index contributed by atoms with van der Waals surface area (Å²) >= 11 is 0. The fraction of sp³-hybridized carbons (Fsp3) is 0.436. The van der Waals surface area contributed by atoms with Gasteiger partial charge in [-0.1, -0.05) is 45.0 Å². The zero-order valence-electron chi connectivity index (χ0n) is 30.4. The van der Waals surface area contributed by atoms with E-state index >= 15 is 4.39 Å². The molecule has 12 nitrogen and oxygen atoms in total. The van der Waals surface area contributed by atoms with Crippen LogP contribution >= 0.6 is 0 Å². The van der Waals surface area contributed by atoms with Crippen molar-refractivity contribution >= 4 is 17.8 Å². The van der Waals surface area contributed by atoms with Gasteiger partial charge in [0.1, 0.15) is 47.0 Å². The maximum Gasteiger partial charge on any atom is 0.320 e. The molecule has 0 bridgehead atoms. The summed E-state index contributed by atoms with van der Waals surface area (Å²) in [6, 6.07) is 16.9. The molecular formula is C39H49FN8O4. The van der Waals surface area contributed by atoms with E-state index in [0.29, 0.717) is 30.0 Å². The molecule has 2 aromatic heterocycles. The number of pyridine rings is 1. The number of carbonyl (C=O) groups is 1. The Morgan fingerprint density at radius 1 is 1.00 bits per heavy atom. The second-order valence-electron chi connectivity index (χ2n) is 14.7. The molecule has 5 N–H and O–H groups in total. The number of aliphatic hydroxyl groups is 1. The highest BCUT2D eigenvalue weighted by atomic mass is 19.1. The largest absolute Gasteiger partial charge is 0.491 e. The molecule has 52 heavy (non-hydrogen) atoms. The van der Waals surface area contributed by atoms with Crippen LogP contribution in [0, 0.1) is 16.6 Å². The van der Waals surface area contributed by atoms with Crippen molar-refractivity contribution in [2.24, 2.45) is 0 Å². The molecule has 0 spiro atoms. The van der Waals surface area contributed by atoms with Gasteiger partial charge in [-0.2, -0.15) is 5.10 Å². The number of nitrogens with zero attached hydrogens (tertiary/aromatic N) is 4. The first-order valence-electron chi connectivity index (χ1n) is 18.0. The van der Waals surface area contributed by atoms with E-state index in [9.17, 15) is 9.90 Å². The average molecular weight is 713 g/mol. The molecule has 2 amide bonds. The van der Waals surface area contributed by atoms with Gasteiger partial charge in [-0.3, -0.25) is 20.7 Å². The molecule has 1 aliphatic carbocycles. The molecule has 2 aliphatic rings. The fourth-order valence-corrected chi connectivity index (χ4v) is 7.12. The minimum Gasteiger partial charge on any atom is -0.491 e. The Morgan fingerprint density at radius 3 is 2.42 bits per heavy atom. The predicted molar refractivity (Wildman–Crippen MR) is 197 cm³/mol. The summed E-state index contributed by atoms with van der Waals surface area (Å²) < 4.78 is 30.2. The summed E-state index contributed by atoms with van der Waals surface area (Å²) in [6.45, 7) is 10.1. The number of urea groups is 1. The van der Waals surface area contributed by atoms with Crippen molar-refractivity contribution in [2.75, 3.05) is 18.5 Å². The van der Waals surface area contributed by atoms with Gasteiger partial charge in [0.25, 0.3) is 0 Å². The number of halogens is 1. The van der Waals surface area contributed by atoms with Gasteiger partial charge in [-0.15, -0.1) is 0 Å². The molecular weight excluding hydrogens is 663 g/mol. The number of hydrogen-bond donors (Lipinski definition) is 5. The van der Waals surface area contributed by atoms with Crippen LogP contribution in [-0.2, 0) is 5.41 Å². The van der Waals surface area contributed by atoms with Crippen LogP contribution in [0.4, 0.5) is 15.0 Å². The second kappa shape index (κ2) is 15.2. The maximum absolute atomic E-state index is 15.2. The summed E-state index contributed by atoms with van der Waals surface area (Å²) in [5.74, 6) is 0.931. The van der Waals surface area contributed by atoms with Crippen molar-refractivity contribution in [3.8, 4) is 17.2 Å². The highest BCUT2D eigenvalue weighted by molar-refractivity contribution is 5.89. The monoisotopic (exact) mass is 712 g/mol. The maximum atomic E-state index is 15.2. The first kappa shape index (κ1) is 36.6. The molecule has 6 rings (SSSR count). The Kier molecular flexibility index (Phi) is 10.7. The van der Waals surface area contributed by atoms with Crippen molar-refractivity contribution in [3.63, 3.8) is 0 Å². The third-order valence-corrected chi connectivity index (χ3v) is 9.83. The van der Waals surface area contributed by atoms with E-state index in [-0.39, 0.29) is 65.8 Å². The molecule has 276 valence electrons. The van der Waals surface area contributed by atoms with E-state index in [1.165, 1.54) is 22.9 Å². The van der Waals surface area contributed by atoms with Gasteiger partial charge in [0.05, 0.1) is 24.5 Å². The first-order valence-corrected chi connectivity index (χ1v) is 18.0. The Hall–Kier alpha value is -5.17. The fourth-order valence-electron chi connectivity index (χ4n) is 7.12. The summed E-state index contributed by atoms with van der Waals surface area (Å²) in [5.41, 5.74) is 2.44. The van der Waals surface area contributed by atoms with Crippen LogP contribution in [0.3, 0.4) is 0 Å². The smallest absolute Gasteiger partial charge is 0.320 e. The SMILES string of the molecule is CC1CCCC(C)N1C(=N)n1cc(OC2CCC(NC(=O)Nc3cc(C(C)(C)C)nn3-c3cc(OCCO)ccc3F)c3ccccc32)ccc1=N. The highest BCUT2D eigenvalue weighted by Gasteiger charge is 2.31. The molecule has 0 radical (unpaired) electrons. The molecule has 13 heteroatoms. The van der Waals surface area contributed by atoms with Crippen molar-refractivity contribution in [1.82, 2.24) is 24.6 Å². The van der Waals surface area contributed by atoms with Crippen LogP contribution < -0.4 is 25.6 Å². The summed E-state index contributed by atoms with van der Waals surface area (Å²) in [4.78, 5) is 15.7. The zero-order chi connectivity index (χ0) is 37.2. The normalized spacial score (nSPS) is 20.2. The van der Waals surface area contributed by atoms with Gasteiger partial charge in [-0.25, -0.2) is 13.9 Å². The van der Waals surface area contributed by atoms with Gasteiger partial charge in [0, 0.05) is 29.6 Å². The van der Waals surface area contributed by atoms with Crippen LogP contribution in [0.25, 0.3) is 5.69 Å². The number of fused-ring (bicyclic) bond motifs is 1. The van der Waals surface area contributed by atoms with E-state index in [0.717, 1.165) is 30.4 Å². The number of carbonyl (C=O) groups excluding carboxylic acids is 1. The average Bonchev–Trinajstić information content (AvgIpc) is 3.53. The Labute approximate surface area is 303 Å². The van der Waals surface area contributed by atoms with Gasteiger partial charge in [0.2, 0.25) is 5.96 Å². The molecule has 4 unspecified atom stereocenters. The summed E-state index contributed by atoms with van der Waals surface area (Å²) in [5, 5.41) is 37.4. The van der Waals surface area contributed by atoms with Gasteiger partial charge in [-0.05, 0) is 81.3 Å². The van der Waals surface area contributed by atoms with E-state index in [4.69, 9.17) is 20.3 Å². The second-order valence-corrected chi connectivity index (χ2v) is 14.7. The van der Waals surface area contributed by atoms with E-state index < -0.39 is 11.8 Å². The lowest BCUT2D eigenvalue weighted by molar-refractivity contribution is 0.170. The third kappa shape index (κ3) is 7.84. The lowest BCUT2D eigenvalue weighted by Gasteiger charge is -2.41. The third-order valence-electron chi connectivity index (χ3n) is 9.83. The van der Waals surface area contributed by atoms with Crippen molar-refractivity contribution in [3.05, 3.63) is 95.0 Å². The Bertz CT molecular complexity index is 1980. The predicted octanol–water partition coefficient (Wildman–Crippen LogP) is 6.78. The van der Waals surface area contributed by atoms with Gasteiger partial charge < -0.3 is 24.8 Å². The van der Waals surface area contributed by atoms with Gasteiger partial charge >= 0.3 is 6.03 Å². The molecule has 1 saturated heterocycles. The number of nitrogens with one attached hydrogen (secondary N) is 4. The minimum atomic E-state index is -0.550. The number of hydrogen-bond acceptors (Lipinski definition) is 7. The van der Waals surface area contributed by atoms with Crippen molar-refractivity contribution < 1.29 is 23.8 Å². The topological polar surface area (TPSA) is 154 Å². The van der Waals surface area contributed by atoms with Gasteiger partial charge in [0.15, 0.2) is 0 Å². The van der Waals surface area contributed by atoms with Crippen molar-refractivity contribution in [2.45, 2.75) is 96.4 Å². The number of aliphatic hydroxyl groups excluding tert-OH is 1. The molecule has 1 aliphatic heterocycles. The van der Waals surface area contributed by atoms with Crippen LogP contribution in [0.5, 0.6) is 11.5 Å². The standard InChI is InChI=1S/C39H49FN8O4/c1-24-9-8-10-25(2)47(24)37(42)46-23-27(14-18-35(46)41)52-33-17-16-31(28-11-6-7-12-29(28)33)43-38(50)44-36-22-34(39(3,4)5)45-48(36)32-21-26(51-20-19-49)13-15-30(32)40/h6-7,11-15,18,21-25,31,33,41-42,49H,8-10,16-17,19-20H2,1-5H3,(H2,43,44,50). The molecule has 3 heterocycles. The number of aromatic nitrogens is 3. The molecule has 1 fully saturated rings. The van der Waals surface area contributed by atoms with Crippen LogP contribution in [0.2, 0.25) is 0 Å². The van der Waals surface area contributed by atoms with E-state index in [1.807, 2.05) is 45.0 Å². The lowest BCUT2D eigenvalue weighted by Crippen LogP contribution is -2.51. The number of benzene rings is 2. The lowest BCUT2D eigenvalue weighted by atomic mass is 9.85. The van der Waals surface area contributed by atoms with Crippen molar-refractivity contribution in [1.29, 1.82) is 10.8 Å². The first-order chi connectivity index (χ1) is 24.8. The summed E-state index contributed by atoms with van der Waals surface area (Å²) in [7, 11) is 0. The number of ether oxygens (including phenoxy) is 2. The number of rotatable bonds is 8. The van der Waals surface area contributed by atoms with Crippen LogP contribution in [0.15, 0.2) is 66.9 Å². The Morgan fingerprint density at radius 2 is 1.71 bits per heavy atom. The Balaban J connectivity index is 1.20. The minimum absolute atomic E-state index is 0.0548. The van der Waals surface area contributed by atoms with Crippen LogP contribution in [0.1, 0.15) is 95.7 Å².